The molecule has 82 valence electrons. The van der Waals surface area contributed by atoms with E-state index in [0.29, 0.717) is 6.61 Å². The Bertz CT molecular complexity index is 180. The van der Waals surface area contributed by atoms with Gasteiger partial charge in [-0.05, 0) is 20.3 Å². The Labute approximate surface area is 86.5 Å². The van der Waals surface area contributed by atoms with Crippen LogP contribution >= 0.6 is 0 Å². The summed E-state index contributed by atoms with van der Waals surface area (Å²) < 4.78 is 4.97. The van der Waals surface area contributed by atoms with Gasteiger partial charge in [-0.1, -0.05) is 19.4 Å². The molecule has 0 spiro atoms. The van der Waals surface area contributed by atoms with Crippen LogP contribution in [0.5, 0.6) is 0 Å². The first kappa shape index (κ1) is 13.2. The molecule has 0 heterocycles. The molecule has 0 fully saturated rings. The molecule has 0 bridgehead atoms. The summed E-state index contributed by atoms with van der Waals surface area (Å²) in [6.45, 7) is 9.93. The van der Waals surface area contributed by atoms with E-state index in [1.807, 2.05) is 20.8 Å². The van der Waals surface area contributed by atoms with Crippen LogP contribution in [-0.4, -0.2) is 24.7 Å². The van der Waals surface area contributed by atoms with Gasteiger partial charge in [-0.2, -0.15) is 0 Å². The van der Waals surface area contributed by atoms with Gasteiger partial charge < -0.3 is 4.74 Å². The Morgan fingerprint density at radius 1 is 1.57 bits per heavy atom. The van der Waals surface area contributed by atoms with Crippen LogP contribution < -0.4 is 5.32 Å². The molecule has 1 N–H and O–H groups in total. The smallest absolute Gasteiger partial charge is 0.323 e. The zero-order valence-corrected chi connectivity index (χ0v) is 9.38. The van der Waals surface area contributed by atoms with E-state index in [4.69, 9.17) is 4.74 Å². The molecule has 0 aliphatic rings. The Kier molecular flexibility index (Phi) is 7.11. The van der Waals surface area contributed by atoms with Crippen LogP contribution in [0.25, 0.3) is 0 Å². The van der Waals surface area contributed by atoms with Crippen LogP contribution in [0.1, 0.15) is 33.6 Å². The topological polar surface area (TPSA) is 38.3 Å². The van der Waals surface area contributed by atoms with Crippen LogP contribution in [0, 0.1) is 0 Å². The second-order valence-corrected chi connectivity index (χ2v) is 3.28. The summed E-state index contributed by atoms with van der Waals surface area (Å²) in [5.74, 6) is -0.164. The predicted octanol–water partition coefficient (Wildman–Crippen LogP) is 1.88. The second kappa shape index (κ2) is 7.56. The van der Waals surface area contributed by atoms with Gasteiger partial charge in [0.25, 0.3) is 0 Å². The van der Waals surface area contributed by atoms with Crippen molar-refractivity contribution in [1.82, 2.24) is 5.32 Å². The van der Waals surface area contributed by atoms with Crippen molar-refractivity contribution in [2.45, 2.75) is 45.7 Å². The standard InChI is InChI=1S/C11H21NO2/c1-5-8-10(11(13)14-7-3)12-9(4)6-2/h6,9-10,12H,2,5,7-8H2,1,3-4H3. The van der Waals surface area contributed by atoms with Crippen LogP contribution in [-0.2, 0) is 9.53 Å². The van der Waals surface area contributed by atoms with Crippen LogP contribution in [0.15, 0.2) is 12.7 Å². The van der Waals surface area contributed by atoms with Crippen molar-refractivity contribution in [2.24, 2.45) is 0 Å². The first-order valence-corrected chi connectivity index (χ1v) is 5.20. The van der Waals surface area contributed by atoms with Gasteiger partial charge in [-0.3, -0.25) is 10.1 Å². The zero-order chi connectivity index (χ0) is 11.0. The van der Waals surface area contributed by atoms with E-state index in [9.17, 15) is 4.79 Å². The minimum absolute atomic E-state index is 0.135. The lowest BCUT2D eigenvalue weighted by molar-refractivity contribution is -0.146. The van der Waals surface area contributed by atoms with Gasteiger partial charge in [0.2, 0.25) is 0 Å². The van der Waals surface area contributed by atoms with Crippen molar-refractivity contribution in [3.63, 3.8) is 0 Å². The fourth-order valence-corrected chi connectivity index (χ4v) is 1.19. The minimum atomic E-state index is -0.201. The molecule has 0 saturated carbocycles. The minimum Gasteiger partial charge on any atom is -0.465 e. The first-order chi connectivity index (χ1) is 6.65. The van der Waals surface area contributed by atoms with Crippen molar-refractivity contribution in [1.29, 1.82) is 0 Å². The van der Waals surface area contributed by atoms with Gasteiger partial charge in [-0.15, -0.1) is 6.58 Å². The summed E-state index contributed by atoms with van der Waals surface area (Å²) in [6.07, 6.45) is 3.54. The Morgan fingerprint density at radius 3 is 2.64 bits per heavy atom. The number of rotatable bonds is 7. The quantitative estimate of drug-likeness (QED) is 0.502. The van der Waals surface area contributed by atoms with Crippen molar-refractivity contribution >= 4 is 5.97 Å². The second-order valence-electron chi connectivity index (χ2n) is 3.28. The molecule has 0 radical (unpaired) electrons. The number of esters is 1. The molecule has 0 aromatic rings. The summed E-state index contributed by atoms with van der Waals surface area (Å²) >= 11 is 0. The van der Waals surface area contributed by atoms with Crippen molar-refractivity contribution in [3.05, 3.63) is 12.7 Å². The average Bonchev–Trinajstić information content (AvgIpc) is 2.17. The van der Waals surface area contributed by atoms with Crippen molar-refractivity contribution < 1.29 is 9.53 Å². The van der Waals surface area contributed by atoms with Crippen molar-refractivity contribution in [2.75, 3.05) is 6.61 Å². The fourth-order valence-electron chi connectivity index (χ4n) is 1.19. The van der Waals surface area contributed by atoms with E-state index in [1.54, 1.807) is 6.08 Å². The Morgan fingerprint density at radius 2 is 2.21 bits per heavy atom. The highest BCUT2D eigenvalue weighted by Gasteiger charge is 2.19. The van der Waals surface area contributed by atoms with Crippen LogP contribution in [0.4, 0.5) is 0 Å². The first-order valence-electron chi connectivity index (χ1n) is 5.20. The van der Waals surface area contributed by atoms with Gasteiger partial charge in [0.1, 0.15) is 6.04 Å². The lowest BCUT2D eigenvalue weighted by Crippen LogP contribution is -2.42. The highest BCUT2D eigenvalue weighted by molar-refractivity contribution is 5.75. The number of ether oxygens (including phenoxy) is 1. The maximum atomic E-state index is 11.5. The molecule has 0 amide bonds. The largest absolute Gasteiger partial charge is 0.465 e. The third kappa shape index (κ3) is 5.02. The number of carbonyl (C=O) groups excluding carboxylic acids is 1. The van der Waals surface area contributed by atoms with Crippen LogP contribution in [0.2, 0.25) is 0 Å². The Hall–Kier alpha value is -0.830. The van der Waals surface area contributed by atoms with Gasteiger partial charge in [0.15, 0.2) is 0 Å². The molecule has 0 aromatic carbocycles. The molecule has 2 unspecified atom stereocenters. The van der Waals surface area contributed by atoms with E-state index < -0.39 is 0 Å². The van der Waals surface area contributed by atoms with Gasteiger partial charge in [0, 0.05) is 6.04 Å². The number of nitrogens with one attached hydrogen (secondary N) is 1. The molecule has 2 atom stereocenters. The van der Waals surface area contributed by atoms with Gasteiger partial charge in [-0.25, -0.2) is 0 Å². The van der Waals surface area contributed by atoms with Gasteiger partial charge >= 0.3 is 5.97 Å². The molecule has 0 aromatic heterocycles. The summed E-state index contributed by atoms with van der Waals surface area (Å²) in [5, 5.41) is 3.16. The molecule has 3 heteroatoms. The highest BCUT2D eigenvalue weighted by Crippen LogP contribution is 2.01. The molecular weight excluding hydrogens is 178 g/mol. The summed E-state index contributed by atoms with van der Waals surface area (Å²) in [4.78, 5) is 11.5. The molecular formula is C11H21NO2. The molecule has 0 saturated heterocycles. The third-order valence-corrected chi connectivity index (χ3v) is 1.97. The average molecular weight is 199 g/mol. The van der Waals surface area contributed by atoms with E-state index >= 15 is 0 Å². The molecule has 0 aliphatic heterocycles. The zero-order valence-electron chi connectivity index (χ0n) is 9.38. The maximum Gasteiger partial charge on any atom is 0.323 e. The van der Waals surface area contributed by atoms with E-state index in [2.05, 4.69) is 11.9 Å². The predicted molar refractivity (Wildman–Crippen MR) is 58.1 cm³/mol. The molecule has 0 aliphatic carbocycles. The molecule has 14 heavy (non-hydrogen) atoms. The number of hydrogen-bond acceptors (Lipinski definition) is 3. The summed E-state index contributed by atoms with van der Waals surface area (Å²) in [5.41, 5.74) is 0. The number of hydrogen-bond donors (Lipinski definition) is 1. The fraction of sp³-hybridized carbons (Fsp3) is 0.727. The van der Waals surface area contributed by atoms with Gasteiger partial charge in [0.05, 0.1) is 6.61 Å². The maximum absolute atomic E-state index is 11.5. The third-order valence-electron chi connectivity index (χ3n) is 1.97. The summed E-state index contributed by atoms with van der Waals surface area (Å²) in [7, 11) is 0. The van der Waals surface area contributed by atoms with E-state index in [-0.39, 0.29) is 18.1 Å². The molecule has 0 rings (SSSR count). The van der Waals surface area contributed by atoms with Crippen LogP contribution in [0.3, 0.4) is 0 Å². The SMILES string of the molecule is C=CC(C)NC(CCC)C(=O)OCC. The van der Waals surface area contributed by atoms with E-state index in [1.165, 1.54) is 0 Å². The molecule has 3 nitrogen and oxygen atoms in total. The van der Waals surface area contributed by atoms with E-state index in [0.717, 1.165) is 12.8 Å². The Balaban J connectivity index is 4.12. The lowest BCUT2D eigenvalue weighted by Gasteiger charge is -2.19. The number of carbonyl (C=O) groups is 1. The van der Waals surface area contributed by atoms with Crippen molar-refractivity contribution in [3.8, 4) is 0 Å². The highest BCUT2D eigenvalue weighted by atomic mass is 16.5. The monoisotopic (exact) mass is 199 g/mol. The normalized spacial score (nSPS) is 14.5. The summed E-state index contributed by atoms with van der Waals surface area (Å²) in [6, 6.07) is -0.0658. The lowest BCUT2D eigenvalue weighted by atomic mass is 10.1.